The van der Waals surface area contributed by atoms with Gasteiger partial charge in [-0.05, 0) is 44.0 Å². The molecule has 5 heteroatoms. The summed E-state index contributed by atoms with van der Waals surface area (Å²) in [5.74, 6) is -1.55. The standard InChI is InChI=1S/C13H14Cl2O3/c1-3-18-13(17)12(8(2)16)6-9-4-10(14)7-11(15)5-9/h4-5,7,12H,3,6H2,1-2H3. The molecule has 0 bridgehead atoms. The Kier molecular flexibility index (Phi) is 5.63. The van der Waals surface area contributed by atoms with Crippen LogP contribution in [0.15, 0.2) is 18.2 Å². The van der Waals surface area contributed by atoms with Crippen LogP contribution in [0.5, 0.6) is 0 Å². The van der Waals surface area contributed by atoms with Crippen LogP contribution < -0.4 is 0 Å². The molecular formula is C13H14Cl2O3. The molecule has 0 aliphatic carbocycles. The first-order valence-corrected chi connectivity index (χ1v) is 6.31. The molecule has 1 rings (SSSR count). The molecule has 0 amide bonds. The van der Waals surface area contributed by atoms with E-state index < -0.39 is 11.9 Å². The van der Waals surface area contributed by atoms with E-state index in [1.54, 1.807) is 25.1 Å². The first kappa shape index (κ1) is 15.0. The monoisotopic (exact) mass is 288 g/mol. The lowest BCUT2D eigenvalue weighted by Gasteiger charge is -2.13. The maximum atomic E-state index is 11.6. The lowest BCUT2D eigenvalue weighted by Crippen LogP contribution is -2.26. The van der Waals surface area contributed by atoms with Crippen LogP contribution in [0.4, 0.5) is 0 Å². The number of ketones is 1. The summed E-state index contributed by atoms with van der Waals surface area (Å²) in [4.78, 5) is 23.1. The van der Waals surface area contributed by atoms with Crippen molar-refractivity contribution in [3.63, 3.8) is 0 Å². The molecule has 3 nitrogen and oxygen atoms in total. The molecule has 1 atom stereocenters. The van der Waals surface area contributed by atoms with Gasteiger partial charge in [0.05, 0.1) is 6.61 Å². The van der Waals surface area contributed by atoms with E-state index in [1.165, 1.54) is 6.92 Å². The van der Waals surface area contributed by atoms with Crippen molar-refractivity contribution in [2.24, 2.45) is 5.92 Å². The number of benzene rings is 1. The van der Waals surface area contributed by atoms with Crippen LogP contribution in [-0.2, 0) is 20.7 Å². The normalized spacial score (nSPS) is 12.0. The molecule has 0 aliphatic heterocycles. The van der Waals surface area contributed by atoms with Gasteiger partial charge in [-0.1, -0.05) is 23.2 Å². The van der Waals surface area contributed by atoms with Crippen molar-refractivity contribution in [1.82, 2.24) is 0 Å². The Bertz CT molecular complexity index is 437. The van der Waals surface area contributed by atoms with Gasteiger partial charge in [0.15, 0.2) is 0 Å². The quantitative estimate of drug-likeness (QED) is 0.617. The SMILES string of the molecule is CCOC(=O)C(Cc1cc(Cl)cc(Cl)c1)C(C)=O. The number of ether oxygens (including phenoxy) is 1. The van der Waals surface area contributed by atoms with E-state index in [-0.39, 0.29) is 18.8 Å². The summed E-state index contributed by atoms with van der Waals surface area (Å²) in [6.07, 6.45) is 0.244. The number of carbonyl (C=O) groups excluding carboxylic acids is 2. The molecular weight excluding hydrogens is 275 g/mol. The number of carbonyl (C=O) groups is 2. The van der Waals surface area contributed by atoms with E-state index in [0.717, 1.165) is 5.56 Å². The largest absolute Gasteiger partial charge is 0.465 e. The van der Waals surface area contributed by atoms with Crippen LogP contribution in [0.3, 0.4) is 0 Å². The van der Waals surface area contributed by atoms with Crippen LogP contribution in [0.2, 0.25) is 10.0 Å². The fourth-order valence-electron chi connectivity index (χ4n) is 1.60. The van der Waals surface area contributed by atoms with E-state index in [2.05, 4.69) is 0 Å². The molecule has 0 heterocycles. The topological polar surface area (TPSA) is 43.4 Å². The summed E-state index contributed by atoms with van der Waals surface area (Å²) in [7, 11) is 0. The van der Waals surface area contributed by atoms with Gasteiger partial charge in [0.1, 0.15) is 11.7 Å². The van der Waals surface area contributed by atoms with Crippen molar-refractivity contribution < 1.29 is 14.3 Å². The fourth-order valence-corrected chi connectivity index (χ4v) is 2.17. The van der Waals surface area contributed by atoms with Crippen LogP contribution in [0.25, 0.3) is 0 Å². The van der Waals surface area contributed by atoms with Gasteiger partial charge < -0.3 is 4.74 Å². The van der Waals surface area contributed by atoms with Crippen LogP contribution in [0, 0.1) is 5.92 Å². The molecule has 0 spiro atoms. The molecule has 0 aromatic heterocycles. The van der Waals surface area contributed by atoms with Gasteiger partial charge in [0.25, 0.3) is 0 Å². The minimum Gasteiger partial charge on any atom is -0.465 e. The molecule has 0 N–H and O–H groups in total. The predicted octanol–water partition coefficient (Wildman–Crippen LogP) is 3.30. The van der Waals surface area contributed by atoms with E-state index in [9.17, 15) is 9.59 Å². The Labute approximate surface area is 116 Å². The van der Waals surface area contributed by atoms with Crippen molar-refractivity contribution in [1.29, 1.82) is 0 Å². The summed E-state index contributed by atoms with van der Waals surface area (Å²) in [5.41, 5.74) is 0.737. The van der Waals surface area contributed by atoms with Gasteiger partial charge in [0.2, 0.25) is 0 Å². The Balaban J connectivity index is 2.89. The van der Waals surface area contributed by atoms with E-state index in [0.29, 0.717) is 10.0 Å². The van der Waals surface area contributed by atoms with Gasteiger partial charge in [-0.2, -0.15) is 0 Å². The number of esters is 1. The highest BCUT2D eigenvalue weighted by Gasteiger charge is 2.25. The summed E-state index contributed by atoms with van der Waals surface area (Å²) >= 11 is 11.7. The second kappa shape index (κ2) is 6.76. The third-order valence-electron chi connectivity index (χ3n) is 2.42. The Morgan fingerprint density at radius 2 is 1.78 bits per heavy atom. The molecule has 1 aromatic carbocycles. The number of halogens is 2. The third-order valence-corrected chi connectivity index (χ3v) is 2.86. The van der Waals surface area contributed by atoms with E-state index in [4.69, 9.17) is 27.9 Å². The molecule has 98 valence electrons. The zero-order valence-corrected chi connectivity index (χ0v) is 11.7. The lowest BCUT2D eigenvalue weighted by molar-refractivity contribution is -0.151. The molecule has 0 fully saturated rings. The average Bonchev–Trinajstić information content (AvgIpc) is 2.24. The van der Waals surface area contributed by atoms with Crippen molar-refractivity contribution in [3.05, 3.63) is 33.8 Å². The predicted molar refractivity (Wildman–Crippen MR) is 71.0 cm³/mol. The van der Waals surface area contributed by atoms with Gasteiger partial charge in [-0.25, -0.2) is 0 Å². The Morgan fingerprint density at radius 3 is 2.22 bits per heavy atom. The zero-order valence-electron chi connectivity index (χ0n) is 10.2. The van der Waals surface area contributed by atoms with E-state index in [1.807, 2.05) is 0 Å². The van der Waals surface area contributed by atoms with Gasteiger partial charge in [-0.15, -0.1) is 0 Å². The number of hydrogen-bond donors (Lipinski definition) is 0. The minimum atomic E-state index is -0.806. The van der Waals surface area contributed by atoms with Gasteiger partial charge >= 0.3 is 5.97 Å². The highest BCUT2D eigenvalue weighted by molar-refractivity contribution is 6.34. The summed E-state index contributed by atoms with van der Waals surface area (Å²) in [6.45, 7) is 3.32. The number of rotatable bonds is 5. The summed E-state index contributed by atoms with van der Waals surface area (Å²) in [5, 5.41) is 0.951. The molecule has 0 saturated heterocycles. The van der Waals surface area contributed by atoms with Crippen LogP contribution >= 0.6 is 23.2 Å². The smallest absolute Gasteiger partial charge is 0.316 e. The maximum Gasteiger partial charge on any atom is 0.316 e. The molecule has 1 unspecified atom stereocenters. The van der Waals surface area contributed by atoms with Crippen LogP contribution in [-0.4, -0.2) is 18.4 Å². The first-order valence-electron chi connectivity index (χ1n) is 5.56. The summed E-state index contributed by atoms with van der Waals surface area (Å²) < 4.78 is 4.87. The third kappa shape index (κ3) is 4.31. The Morgan fingerprint density at radius 1 is 1.22 bits per heavy atom. The summed E-state index contributed by atoms with van der Waals surface area (Å²) in [6, 6.07) is 4.96. The molecule has 0 aliphatic rings. The van der Waals surface area contributed by atoms with E-state index >= 15 is 0 Å². The number of Topliss-reactive ketones (excluding diaryl/α,β-unsaturated/α-hetero) is 1. The second-order valence-electron chi connectivity index (χ2n) is 3.90. The maximum absolute atomic E-state index is 11.6. The molecule has 1 aromatic rings. The lowest BCUT2D eigenvalue weighted by atomic mass is 9.96. The molecule has 0 radical (unpaired) electrons. The average molecular weight is 289 g/mol. The first-order chi connectivity index (χ1) is 8.43. The fraction of sp³-hybridized carbons (Fsp3) is 0.385. The van der Waals surface area contributed by atoms with Crippen molar-refractivity contribution in [2.75, 3.05) is 6.61 Å². The molecule has 18 heavy (non-hydrogen) atoms. The van der Waals surface area contributed by atoms with Gasteiger partial charge in [0, 0.05) is 10.0 Å². The van der Waals surface area contributed by atoms with Crippen molar-refractivity contribution in [3.8, 4) is 0 Å². The second-order valence-corrected chi connectivity index (χ2v) is 4.77. The van der Waals surface area contributed by atoms with Crippen molar-refractivity contribution in [2.45, 2.75) is 20.3 Å². The number of hydrogen-bond acceptors (Lipinski definition) is 3. The molecule has 0 saturated carbocycles. The zero-order chi connectivity index (χ0) is 13.7. The van der Waals surface area contributed by atoms with Crippen LogP contribution in [0.1, 0.15) is 19.4 Å². The highest BCUT2D eigenvalue weighted by Crippen LogP contribution is 2.22. The minimum absolute atomic E-state index is 0.232. The van der Waals surface area contributed by atoms with Crippen molar-refractivity contribution >= 4 is 35.0 Å². The Hall–Kier alpha value is -1.06. The van der Waals surface area contributed by atoms with Gasteiger partial charge in [-0.3, -0.25) is 9.59 Å². The highest BCUT2D eigenvalue weighted by atomic mass is 35.5.